The van der Waals surface area contributed by atoms with Gasteiger partial charge in [0.2, 0.25) is 0 Å². The Balaban J connectivity index is 1.97. The summed E-state index contributed by atoms with van der Waals surface area (Å²) in [6.07, 6.45) is 4.67. The summed E-state index contributed by atoms with van der Waals surface area (Å²) in [6, 6.07) is 14.1. The molecule has 1 nitrogen and oxygen atoms in total. The first-order chi connectivity index (χ1) is 11.1. The van der Waals surface area contributed by atoms with Gasteiger partial charge in [0.25, 0.3) is 0 Å². The highest BCUT2D eigenvalue weighted by atomic mass is 35.5. The molecule has 2 aromatic rings. The number of anilines is 1. The Morgan fingerprint density at radius 3 is 2.48 bits per heavy atom. The van der Waals surface area contributed by atoms with Gasteiger partial charge in [0.15, 0.2) is 0 Å². The maximum absolute atomic E-state index is 6.12. The number of hydrogen-bond acceptors (Lipinski definition) is 2. The van der Waals surface area contributed by atoms with E-state index in [2.05, 4.69) is 25.1 Å². The summed E-state index contributed by atoms with van der Waals surface area (Å²) >= 11 is 17.5. The topological polar surface area (TPSA) is 3.24 Å². The van der Waals surface area contributed by atoms with E-state index < -0.39 is 0 Å². The minimum atomic E-state index is 0.687. The van der Waals surface area contributed by atoms with Crippen molar-refractivity contribution in [3.63, 3.8) is 0 Å². The number of rotatable bonds is 5. The molecule has 2 aromatic carbocycles. The number of fused-ring (bicyclic) bond motifs is 1. The number of nitrogens with zero attached hydrogens (tertiary/aromatic N) is 1. The lowest BCUT2D eigenvalue weighted by Crippen LogP contribution is -2.28. The van der Waals surface area contributed by atoms with Gasteiger partial charge in [0.1, 0.15) is 9.98 Å². The molecule has 4 heteroatoms. The molecule has 0 unspecified atom stereocenters. The first-order valence-corrected chi connectivity index (χ1v) is 9.09. The van der Waals surface area contributed by atoms with Gasteiger partial charge in [-0.3, -0.25) is 4.90 Å². The Bertz CT molecular complexity index is 770. The summed E-state index contributed by atoms with van der Waals surface area (Å²) in [5, 5.41) is 0.687. The van der Waals surface area contributed by atoms with Gasteiger partial charge in [-0.2, -0.15) is 0 Å². The Hall–Kier alpha value is -1.29. The Labute approximate surface area is 153 Å². The van der Waals surface area contributed by atoms with Crippen molar-refractivity contribution < 1.29 is 0 Å². The fourth-order valence-corrected chi connectivity index (χ4v) is 3.89. The molecule has 118 valence electrons. The van der Waals surface area contributed by atoms with Gasteiger partial charge in [-0.25, -0.2) is 0 Å². The number of thiocarbonyl (C=S) groups is 2. The normalized spacial score (nSPS) is 13.6. The van der Waals surface area contributed by atoms with Crippen LogP contribution in [-0.2, 0) is 6.42 Å². The zero-order valence-corrected chi connectivity index (χ0v) is 15.4. The lowest BCUT2D eigenvalue weighted by atomic mass is 10.0. The molecule has 3 rings (SSSR count). The summed E-state index contributed by atoms with van der Waals surface area (Å²) in [5.41, 5.74) is 4.36. The first kappa shape index (κ1) is 16.6. The van der Waals surface area contributed by atoms with Crippen molar-refractivity contribution in [2.45, 2.75) is 32.6 Å². The van der Waals surface area contributed by atoms with Crippen LogP contribution in [0.25, 0.3) is 0 Å². The molecule has 0 spiro atoms. The number of benzene rings is 2. The van der Waals surface area contributed by atoms with E-state index in [1.165, 1.54) is 24.8 Å². The molecular formula is C19H18ClNS2. The molecular weight excluding hydrogens is 342 g/mol. The van der Waals surface area contributed by atoms with E-state index >= 15 is 0 Å². The molecule has 0 saturated carbocycles. The van der Waals surface area contributed by atoms with Gasteiger partial charge in [-0.1, -0.05) is 74.0 Å². The molecule has 0 N–H and O–H groups in total. The average Bonchev–Trinajstić information content (AvgIpc) is 2.79. The molecule has 0 saturated heterocycles. The summed E-state index contributed by atoms with van der Waals surface area (Å²) in [4.78, 5) is 3.53. The zero-order chi connectivity index (χ0) is 16.4. The molecule has 1 aliphatic heterocycles. The number of hydrogen-bond donors (Lipinski definition) is 0. The maximum atomic E-state index is 6.12. The summed E-state index contributed by atoms with van der Waals surface area (Å²) in [5.74, 6) is 0. The number of para-hydroxylation sites is 1. The fourth-order valence-electron chi connectivity index (χ4n) is 2.94. The Morgan fingerprint density at radius 2 is 1.70 bits per heavy atom. The van der Waals surface area contributed by atoms with Gasteiger partial charge in [-0.05, 0) is 42.7 Å². The van der Waals surface area contributed by atoms with E-state index in [-0.39, 0.29) is 0 Å². The van der Waals surface area contributed by atoms with Crippen LogP contribution in [0.1, 0.15) is 42.9 Å². The van der Waals surface area contributed by atoms with Crippen molar-refractivity contribution in [1.29, 1.82) is 0 Å². The molecule has 0 bridgehead atoms. The molecule has 0 radical (unpaired) electrons. The van der Waals surface area contributed by atoms with Crippen LogP contribution in [0.5, 0.6) is 0 Å². The van der Waals surface area contributed by atoms with Crippen LogP contribution in [-0.4, -0.2) is 9.98 Å². The summed E-state index contributed by atoms with van der Waals surface area (Å²) in [7, 11) is 0. The Kier molecular flexibility index (Phi) is 5.10. The van der Waals surface area contributed by atoms with Crippen LogP contribution in [0.3, 0.4) is 0 Å². The van der Waals surface area contributed by atoms with Crippen LogP contribution < -0.4 is 4.90 Å². The van der Waals surface area contributed by atoms with E-state index in [0.717, 1.165) is 33.2 Å². The third-order valence-electron chi connectivity index (χ3n) is 4.13. The molecule has 0 aromatic heterocycles. The van der Waals surface area contributed by atoms with Crippen molar-refractivity contribution in [3.05, 3.63) is 64.2 Å². The third-order valence-corrected chi connectivity index (χ3v) is 5.17. The van der Waals surface area contributed by atoms with E-state index in [1.807, 2.05) is 29.2 Å². The zero-order valence-electron chi connectivity index (χ0n) is 13.0. The second-order valence-electron chi connectivity index (χ2n) is 5.72. The standard InChI is InChI=1S/C19H18ClNS2/c1-2-3-4-7-13-8-5-6-9-17(13)21-18(22)15-11-10-14(20)12-16(15)19(21)23/h5-6,8-12H,2-4,7H2,1H3. The smallest absolute Gasteiger partial charge is 0.119 e. The van der Waals surface area contributed by atoms with Gasteiger partial charge in [-0.15, -0.1) is 0 Å². The van der Waals surface area contributed by atoms with Crippen LogP contribution in [0.2, 0.25) is 5.02 Å². The van der Waals surface area contributed by atoms with E-state index in [4.69, 9.17) is 36.0 Å². The largest absolute Gasteiger partial charge is 0.290 e. The maximum Gasteiger partial charge on any atom is 0.119 e. The third kappa shape index (κ3) is 3.18. The van der Waals surface area contributed by atoms with Gasteiger partial charge >= 0.3 is 0 Å². The lowest BCUT2D eigenvalue weighted by Gasteiger charge is -2.22. The van der Waals surface area contributed by atoms with Crippen molar-refractivity contribution in [2.24, 2.45) is 0 Å². The van der Waals surface area contributed by atoms with Gasteiger partial charge < -0.3 is 0 Å². The highest BCUT2D eigenvalue weighted by molar-refractivity contribution is 7.83. The highest BCUT2D eigenvalue weighted by Gasteiger charge is 2.31. The van der Waals surface area contributed by atoms with Crippen LogP contribution in [0.15, 0.2) is 42.5 Å². The van der Waals surface area contributed by atoms with Crippen molar-refractivity contribution in [3.8, 4) is 0 Å². The van der Waals surface area contributed by atoms with Crippen LogP contribution in [0.4, 0.5) is 5.69 Å². The van der Waals surface area contributed by atoms with Crippen molar-refractivity contribution in [2.75, 3.05) is 4.90 Å². The molecule has 0 atom stereocenters. The average molecular weight is 360 g/mol. The quantitative estimate of drug-likeness (QED) is 0.480. The van der Waals surface area contributed by atoms with Crippen molar-refractivity contribution in [1.82, 2.24) is 0 Å². The molecule has 0 amide bonds. The molecule has 0 fully saturated rings. The predicted octanol–water partition coefficient (Wildman–Crippen LogP) is 5.94. The van der Waals surface area contributed by atoms with E-state index in [0.29, 0.717) is 5.02 Å². The minimum Gasteiger partial charge on any atom is -0.290 e. The molecule has 23 heavy (non-hydrogen) atoms. The van der Waals surface area contributed by atoms with E-state index in [1.54, 1.807) is 0 Å². The number of halogens is 1. The van der Waals surface area contributed by atoms with Crippen LogP contribution in [0, 0.1) is 0 Å². The second kappa shape index (κ2) is 7.08. The molecule has 1 heterocycles. The van der Waals surface area contributed by atoms with Gasteiger partial charge in [0, 0.05) is 16.1 Å². The van der Waals surface area contributed by atoms with E-state index in [9.17, 15) is 0 Å². The predicted molar refractivity (Wildman–Crippen MR) is 107 cm³/mol. The SMILES string of the molecule is CCCCCc1ccccc1N1C(=S)c2ccc(Cl)cc2C1=S. The fraction of sp³-hybridized carbons (Fsp3) is 0.263. The first-order valence-electron chi connectivity index (χ1n) is 7.89. The molecule has 1 aliphatic rings. The number of unbranched alkanes of at least 4 members (excludes halogenated alkanes) is 2. The molecule has 0 aliphatic carbocycles. The summed E-state index contributed by atoms with van der Waals surface area (Å²) in [6.45, 7) is 2.22. The van der Waals surface area contributed by atoms with Crippen LogP contribution >= 0.6 is 36.0 Å². The summed E-state index contributed by atoms with van der Waals surface area (Å²) < 4.78 is 0. The Morgan fingerprint density at radius 1 is 0.957 bits per heavy atom. The number of aryl methyl sites for hydroxylation is 1. The minimum absolute atomic E-state index is 0.687. The lowest BCUT2D eigenvalue weighted by molar-refractivity contribution is 0.718. The van der Waals surface area contributed by atoms with Crippen molar-refractivity contribution >= 4 is 51.7 Å². The van der Waals surface area contributed by atoms with Gasteiger partial charge in [0.05, 0.1) is 5.69 Å². The monoisotopic (exact) mass is 359 g/mol. The second-order valence-corrected chi connectivity index (χ2v) is 6.93. The highest BCUT2D eigenvalue weighted by Crippen LogP contribution is 2.33.